The van der Waals surface area contributed by atoms with Crippen molar-refractivity contribution in [2.75, 3.05) is 0 Å². The number of hydrogen-bond donors (Lipinski definition) is 1. The first-order valence-electron chi connectivity index (χ1n) is 13.1. The highest BCUT2D eigenvalue weighted by molar-refractivity contribution is 5.95. The summed E-state index contributed by atoms with van der Waals surface area (Å²) in [5.74, 6) is -0.323. The number of hydrogen-bond acceptors (Lipinski definition) is 8. The number of nitrogens with one attached hydrogen (secondary N) is 1. The Kier molecular flexibility index (Phi) is 8.23. The number of aromatic nitrogens is 4. The van der Waals surface area contributed by atoms with Crippen molar-refractivity contribution in [1.29, 1.82) is 0 Å². The molecule has 2 heterocycles. The molecule has 0 saturated heterocycles. The van der Waals surface area contributed by atoms with Crippen molar-refractivity contribution in [2.45, 2.75) is 66.6 Å². The van der Waals surface area contributed by atoms with Crippen molar-refractivity contribution >= 4 is 18.3 Å². The minimum Gasteiger partial charge on any atom is -0.391 e. The first kappa shape index (κ1) is 27.7. The molecule has 0 bridgehead atoms. The maximum absolute atomic E-state index is 13.6. The highest BCUT2D eigenvalue weighted by Gasteiger charge is 2.46. The zero-order valence-electron chi connectivity index (χ0n) is 23.0. The Hall–Kier alpha value is -4.34. The van der Waals surface area contributed by atoms with Crippen molar-refractivity contribution in [3.05, 3.63) is 65.5 Å². The molecule has 39 heavy (non-hydrogen) atoms. The van der Waals surface area contributed by atoms with Crippen LogP contribution >= 0.6 is 0 Å². The van der Waals surface area contributed by atoms with E-state index in [1.807, 2.05) is 88.0 Å². The summed E-state index contributed by atoms with van der Waals surface area (Å²) in [5.41, 5.74) is 3.90. The number of esters is 1. The molecular formula is C29H34N6O4. The molecule has 10 nitrogen and oxygen atoms in total. The van der Waals surface area contributed by atoms with Gasteiger partial charge in [0.1, 0.15) is 11.9 Å². The average molecular weight is 531 g/mol. The number of nitrogens with zero attached hydrogens (tertiary/aromatic N) is 5. The first-order chi connectivity index (χ1) is 18.7. The fraction of sp³-hybridized carbons (Fsp3) is 0.379. The van der Waals surface area contributed by atoms with Crippen molar-refractivity contribution in [2.24, 2.45) is 5.41 Å². The number of benzene rings is 2. The van der Waals surface area contributed by atoms with E-state index in [1.165, 1.54) is 0 Å². The van der Waals surface area contributed by atoms with Gasteiger partial charge in [0.15, 0.2) is 0 Å². The molecule has 1 amide bonds. The lowest BCUT2D eigenvalue weighted by atomic mass is 9.94. The summed E-state index contributed by atoms with van der Waals surface area (Å²) in [6.07, 6.45) is 1.52. The summed E-state index contributed by atoms with van der Waals surface area (Å²) in [7, 11) is 0. The summed E-state index contributed by atoms with van der Waals surface area (Å²) in [6, 6.07) is 15.8. The number of carbonyl (C=O) groups excluding carboxylic acids is 3. The molecule has 3 aromatic rings. The van der Waals surface area contributed by atoms with Crippen LogP contribution in [0.3, 0.4) is 0 Å². The second-order valence-corrected chi connectivity index (χ2v) is 10.5. The summed E-state index contributed by atoms with van der Waals surface area (Å²) < 4.78 is 4.82. The van der Waals surface area contributed by atoms with Gasteiger partial charge in [-0.2, -0.15) is 5.21 Å². The van der Waals surface area contributed by atoms with Crippen LogP contribution in [0.25, 0.3) is 22.5 Å². The van der Waals surface area contributed by atoms with Gasteiger partial charge in [-0.1, -0.05) is 89.6 Å². The SMILES string of the molecule is CCCC1N(Cc2ccc(-c3ccccc3-c3nn[nH]n3)cc2)C(C(=O)OC=O)=C(CC)N1C(=O)C(C)(C)C. The molecule has 1 aliphatic heterocycles. The lowest BCUT2D eigenvalue weighted by Crippen LogP contribution is -2.47. The van der Waals surface area contributed by atoms with Crippen LogP contribution in [0.1, 0.15) is 59.4 Å². The average Bonchev–Trinajstić information content (AvgIpc) is 3.55. The van der Waals surface area contributed by atoms with Gasteiger partial charge >= 0.3 is 12.4 Å². The van der Waals surface area contributed by atoms with E-state index in [4.69, 9.17) is 4.74 Å². The molecule has 0 spiro atoms. The number of tetrazole rings is 1. The van der Waals surface area contributed by atoms with Crippen molar-refractivity contribution < 1.29 is 19.1 Å². The van der Waals surface area contributed by atoms with Crippen LogP contribution in [0.2, 0.25) is 0 Å². The van der Waals surface area contributed by atoms with Gasteiger partial charge in [0, 0.05) is 17.5 Å². The Balaban J connectivity index is 1.71. The van der Waals surface area contributed by atoms with Gasteiger partial charge in [-0.05, 0) is 34.7 Å². The van der Waals surface area contributed by atoms with Gasteiger partial charge in [0.2, 0.25) is 11.7 Å². The molecule has 1 N–H and O–H groups in total. The van der Waals surface area contributed by atoms with Gasteiger partial charge in [-0.3, -0.25) is 14.5 Å². The smallest absolute Gasteiger partial charge is 0.363 e. The molecule has 1 atom stereocenters. The molecule has 1 aliphatic rings. The van der Waals surface area contributed by atoms with Crippen LogP contribution in [0.4, 0.5) is 0 Å². The zero-order valence-corrected chi connectivity index (χ0v) is 23.0. The molecule has 0 saturated carbocycles. The quantitative estimate of drug-likeness (QED) is 0.241. The fourth-order valence-electron chi connectivity index (χ4n) is 4.96. The van der Waals surface area contributed by atoms with Gasteiger partial charge in [-0.15, -0.1) is 10.2 Å². The van der Waals surface area contributed by atoms with E-state index in [0.29, 0.717) is 30.9 Å². The van der Waals surface area contributed by atoms with E-state index in [1.54, 1.807) is 4.90 Å². The van der Waals surface area contributed by atoms with E-state index in [9.17, 15) is 14.4 Å². The highest BCUT2D eigenvalue weighted by atomic mass is 16.6. The molecule has 0 radical (unpaired) electrons. The second-order valence-electron chi connectivity index (χ2n) is 10.5. The maximum Gasteiger partial charge on any atom is 0.363 e. The fourth-order valence-corrected chi connectivity index (χ4v) is 4.96. The van der Waals surface area contributed by atoms with Crippen LogP contribution < -0.4 is 0 Å². The molecular weight excluding hydrogens is 496 g/mol. The third kappa shape index (κ3) is 5.59. The topological polar surface area (TPSA) is 121 Å². The third-order valence-electron chi connectivity index (χ3n) is 6.73. The minimum absolute atomic E-state index is 0.0786. The summed E-state index contributed by atoms with van der Waals surface area (Å²) >= 11 is 0. The number of carbonyl (C=O) groups is 3. The van der Waals surface area contributed by atoms with Gasteiger partial charge in [-0.25, -0.2) is 4.79 Å². The Morgan fingerprint density at radius 2 is 1.74 bits per heavy atom. The number of rotatable bonds is 9. The van der Waals surface area contributed by atoms with Crippen LogP contribution in [-0.4, -0.2) is 54.9 Å². The highest BCUT2D eigenvalue weighted by Crippen LogP contribution is 2.39. The predicted molar refractivity (Wildman–Crippen MR) is 145 cm³/mol. The molecule has 204 valence electrons. The summed E-state index contributed by atoms with van der Waals surface area (Å²) in [6.45, 7) is 10.0. The Bertz CT molecular complexity index is 1360. The van der Waals surface area contributed by atoms with Gasteiger partial charge in [0.05, 0.1) is 5.70 Å². The Morgan fingerprint density at radius 3 is 2.31 bits per heavy atom. The maximum atomic E-state index is 13.6. The number of allylic oxidation sites excluding steroid dienone is 1. The Labute approximate surface area is 228 Å². The molecule has 2 aromatic carbocycles. The molecule has 1 unspecified atom stereocenters. The van der Waals surface area contributed by atoms with Gasteiger partial charge in [0.25, 0.3) is 0 Å². The van der Waals surface area contributed by atoms with E-state index < -0.39 is 11.4 Å². The predicted octanol–water partition coefficient (Wildman–Crippen LogP) is 4.67. The second kappa shape index (κ2) is 11.6. The van der Waals surface area contributed by atoms with Crippen LogP contribution in [-0.2, 0) is 25.7 Å². The third-order valence-corrected chi connectivity index (χ3v) is 6.73. The monoisotopic (exact) mass is 530 g/mol. The van der Waals surface area contributed by atoms with E-state index in [0.717, 1.165) is 28.7 Å². The van der Waals surface area contributed by atoms with Crippen molar-refractivity contribution in [3.8, 4) is 22.5 Å². The molecule has 10 heteroatoms. The number of ether oxygens (including phenoxy) is 1. The number of aromatic amines is 1. The van der Waals surface area contributed by atoms with Gasteiger partial charge < -0.3 is 9.64 Å². The normalized spacial score (nSPS) is 15.6. The molecule has 0 fully saturated rings. The van der Waals surface area contributed by atoms with E-state index in [2.05, 4.69) is 20.6 Å². The molecule has 0 aliphatic carbocycles. The molecule has 4 rings (SSSR count). The Morgan fingerprint density at radius 1 is 1.05 bits per heavy atom. The minimum atomic E-state index is -0.752. The van der Waals surface area contributed by atoms with E-state index >= 15 is 0 Å². The largest absolute Gasteiger partial charge is 0.391 e. The van der Waals surface area contributed by atoms with Crippen LogP contribution in [0, 0.1) is 5.41 Å². The summed E-state index contributed by atoms with van der Waals surface area (Å²) in [5, 5.41) is 14.4. The number of H-pyrrole nitrogens is 1. The van der Waals surface area contributed by atoms with Crippen LogP contribution in [0.5, 0.6) is 0 Å². The lowest BCUT2D eigenvalue weighted by molar-refractivity contribution is -0.150. The van der Waals surface area contributed by atoms with Crippen LogP contribution in [0.15, 0.2) is 59.9 Å². The first-order valence-corrected chi connectivity index (χ1v) is 13.1. The van der Waals surface area contributed by atoms with E-state index in [-0.39, 0.29) is 24.2 Å². The standard InChI is InChI=1S/C29H34N6O4/c1-6-10-24-34(25(27(37)39-18-36)23(7-2)35(24)28(38)29(3,4)5)17-19-13-15-20(16-14-19)21-11-8-9-12-22(21)26-30-32-33-31-26/h8-9,11-16,18,24H,6-7,10,17H2,1-5H3,(H,30,31,32,33). The number of amides is 1. The zero-order chi connectivity index (χ0) is 28.2. The lowest BCUT2D eigenvalue weighted by Gasteiger charge is -2.36. The molecule has 1 aromatic heterocycles. The van der Waals surface area contributed by atoms with Crippen molar-refractivity contribution in [1.82, 2.24) is 30.4 Å². The summed E-state index contributed by atoms with van der Waals surface area (Å²) in [4.78, 5) is 41.4. The van der Waals surface area contributed by atoms with Crippen molar-refractivity contribution in [3.63, 3.8) is 0 Å².